The minimum absolute atomic E-state index is 0.0105. The first-order chi connectivity index (χ1) is 14.8. The number of nitrogens with zero attached hydrogens (tertiary/aromatic N) is 2. The number of benzene rings is 1. The SMILES string of the molecule is CCOC(=O)c1sc(CC(=O)C(C#N)=Cc2cc(I)c(O)c(OCC)c2)c(C#N)c1C. The number of hydrogen-bond acceptors (Lipinski definition) is 8. The van der Waals surface area contributed by atoms with Gasteiger partial charge < -0.3 is 14.6 Å². The molecule has 0 saturated carbocycles. The topological polar surface area (TPSA) is 120 Å². The van der Waals surface area contributed by atoms with Crippen LogP contribution in [0.2, 0.25) is 0 Å². The third-order valence-corrected chi connectivity index (χ3v) is 6.29. The van der Waals surface area contributed by atoms with Crippen LogP contribution >= 0.6 is 33.9 Å². The van der Waals surface area contributed by atoms with Crippen molar-refractivity contribution in [3.8, 4) is 23.6 Å². The monoisotopic (exact) mass is 550 g/mol. The highest BCUT2D eigenvalue weighted by Gasteiger charge is 2.23. The van der Waals surface area contributed by atoms with Crippen molar-refractivity contribution >= 4 is 51.8 Å². The Morgan fingerprint density at radius 1 is 1.26 bits per heavy atom. The molecule has 0 spiro atoms. The van der Waals surface area contributed by atoms with E-state index in [-0.39, 0.29) is 40.5 Å². The summed E-state index contributed by atoms with van der Waals surface area (Å²) in [6, 6.07) is 7.09. The molecule has 0 atom stereocenters. The number of hydrogen-bond donors (Lipinski definition) is 1. The molecule has 1 heterocycles. The summed E-state index contributed by atoms with van der Waals surface area (Å²) in [4.78, 5) is 25.6. The second-order valence-corrected chi connectivity index (χ2v) is 8.51. The number of rotatable bonds is 8. The Hall–Kier alpha value is -2.89. The highest BCUT2D eigenvalue weighted by Crippen LogP contribution is 2.34. The lowest BCUT2D eigenvalue weighted by atomic mass is 10.0. The number of nitriles is 2. The number of Topliss-reactive ketones (excluding diaryl/α,β-unsaturated/α-hetero) is 1. The first kappa shape index (κ1) is 24.4. The lowest BCUT2D eigenvalue weighted by molar-refractivity contribution is -0.114. The van der Waals surface area contributed by atoms with Gasteiger partial charge >= 0.3 is 5.97 Å². The molecule has 0 fully saturated rings. The summed E-state index contributed by atoms with van der Waals surface area (Å²) in [6.45, 7) is 5.63. The fourth-order valence-corrected chi connectivity index (χ4v) is 4.53. The number of thiophene rings is 1. The molecule has 0 radical (unpaired) electrons. The van der Waals surface area contributed by atoms with Crippen LogP contribution in [-0.4, -0.2) is 30.1 Å². The summed E-state index contributed by atoms with van der Waals surface area (Å²) in [5, 5.41) is 29.1. The Morgan fingerprint density at radius 3 is 2.55 bits per heavy atom. The molecule has 0 aliphatic carbocycles. The van der Waals surface area contributed by atoms with E-state index in [0.717, 1.165) is 11.3 Å². The summed E-state index contributed by atoms with van der Waals surface area (Å²) in [6.07, 6.45) is 1.21. The third-order valence-electron chi connectivity index (χ3n) is 4.20. The second kappa shape index (κ2) is 10.9. The van der Waals surface area contributed by atoms with Gasteiger partial charge in [-0.15, -0.1) is 11.3 Å². The van der Waals surface area contributed by atoms with Crippen LogP contribution in [0.1, 0.15) is 45.1 Å². The predicted molar refractivity (Wildman–Crippen MR) is 124 cm³/mol. The van der Waals surface area contributed by atoms with Crippen molar-refractivity contribution in [1.82, 2.24) is 0 Å². The predicted octanol–water partition coefficient (Wildman–Crippen LogP) is 4.53. The largest absolute Gasteiger partial charge is 0.504 e. The number of ketones is 1. The molecule has 1 aromatic carbocycles. The number of aromatic hydroxyl groups is 1. The summed E-state index contributed by atoms with van der Waals surface area (Å²) >= 11 is 2.96. The van der Waals surface area contributed by atoms with E-state index in [1.807, 2.05) is 34.7 Å². The van der Waals surface area contributed by atoms with E-state index in [0.29, 0.717) is 26.2 Å². The molecule has 160 valence electrons. The van der Waals surface area contributed by atoms with Crippen LogP contribution < -0.4 is 4.74 Å². The smallest absolute Gasteiger partial charge is 0.348 e. The maximum absolute atomic E-state index is 12.8. The first-order valence-electron chi connectivity index (χ1n) is 9.27. The fraction of sp³-hybridized carbons (Fsp3) is 0.273. The van der Waals surface area contributed by atoms with E-state index in [1.54, 1.807) is 32.9 Å². The van der Waals surface area contributed by atoms with Crippen LogP contribution in [0, 0.1) is 33.2 Å². The maximum Gasteiger partial charge on any atom is 0.348 e. The molecule has 0 aliphatic rings. The zero-order valence-electron chi connectivity index (χ0n) is 17.1. The third kappa shape index (κ3) is 5.63. The van der Waals surface area contributed by atoms with Crippen LogP contribution in [0.15, 0.2) is 17.7 Å². The van der Waals surface area contributed by atoms with Gasteiger partial charge in [0.1, 0.15) is 17.0 Å². The normalized spacial score (nSPS) is 10.8. The molecule has 1 aromatic heterocycles. The summed E-state index contributed by atoms with van der Waals surface area (Å²) in [5.41, 5.74) is 1.12. The van der Waals surface area contributed by atoms with Gasteiger partial charge in [-0.1, -0.05) is 0 Å². The van der Waals surface area contributed by atoms with Crippen molar-refractivity contribution in [1.29, 1.82) is 10.5 Å². The van der Waals surface area contributed by atoms with E-state index in [9.17, 15) is 25.2 Å². The number of phenolic OH excluding ortho intramolecular Hbond substituents is 1. The highest BCUT2D eigenvalue weighted by atomic mass is 127. The van der Waals surface area contributed by atoms with Gasteiger partial charge in [0.2, 0.25) is 0 Å². The molecule has 0 saturated heterocycles. The average Bonchev–Trinajstić information content (AvgIpc) is 3.04. The molecule has 0 amide bonds. The summed E-state index contributed by atoms with van der Waals surface area (Å²) in [7, 11) is 0. The van der Waals surface area contributed by atoms with Crippen molar-refractivity contribution in [2.75, 3.05) is 13.2 Å². The van der Waals surface area contributed by atoms with Gasteiger partial charge in [-0.05, 0) is 72.7 Å². The number of ether oxygens (including phenoxy) is 2. The first-order valence-corrected chi connectivity index (χ1v) is 11.2. The quantitative estimate of drug-likeness (QED) is 0.222. The van der Waals surface area contributed by atoms with Gasteiger partial charge in [0.15, 0.2) is 17.3 Å². The zero-order chi connectivity index (χ0) is 23.1. The van der Waals surface area contributed by atoms with Gasteiger partial charge in [-0.3, -0.25) is 4.79 Å². The standard InChI is InChI=1S/C22H19IN2O5S/c1-4-29-18-8-13(7-16(23)20(18)27)6-14(10-24)17(26)9-19-15(11-25)12(3)21(31-19)22(28)30-5-2/h6-8,27H,4-5,9H2,1-3H3. The van der Waals surface area contributed by atoms with Crippen molar-refractivity contribution in [3.63, 3.8) is 0 Å². The van der Waals surface area contributed by atoms with E-state index in [4.69, 9.17) is 9.47 Å². The molecule has 0 bridgehead atoms. The average molecular weight is 550 g/mol. The number of phenols is 1. The molecule has 9 heteroatoms. The molecule has 1 N–H and O–H groups in total. The number of halogens is 1. The molecule has 0 aliphatic heterocycles. The minimum atomic E-state index is -0.543. The van der Waals surface area contributed by atoms with E-state index in [1.165, 1.54) is 6.08 Å². The van der Waals surface area contributed by atoms with Crippen LogP contribution in [0.25, 0.3) is 6.08 Å². The second-order valence-electron chi connectivity index (χ2n) is 6.24. The van der Waals surface area contributed by atoms with Crippen molar-refractivity contribution in [2.24, 2.45) is 0 Å². The summed E-state index contributed by atoms with van der Waals surface area (Å²) in [5.74, 6) is -0.788. The van der Waals surface area contributed by atoms with Crippen LogP contribution in [0.3, 0.4) is 0 Å². The van der Waals surface area contributed by atoms with Crippen molar-refractivity contribution in [3.05, 3.63) is 47.7 Å². The maximum atomic E-state index is 12.8. The van der Waals surface area contributed by atoms with E-state index >= 15 is 0 Å². The molecule has 2 aromatic rings. The zero-order valence-corrected chi connectivity index (χ0v) is 20.1. The Kier molecular flexibility index (Phi) is 8.60. The lowest BCUT2D eigenvalue weighted by Gasteiger charge is -2.09. The molecular formula is C22H19IN2O5S. The van der Waals surface area contributed by atoms with E-state index in [2.05, 4.69) is 0 Å². The number of esters is 1. The molecule has 31 heavy (non-hydrogen) atoms. The molecule has 2 rings (SSSR count). The highest BCUT2D eigenvalue weighted by molar-refractivity contribution is 14.1. The molecular weight excluding hydrogens is 531 g/mol. The van der Waals surface area contributed by atoms with Crippen LogP contribution in [0.4, 0.5) is 0 Å². The van der Waals surface area contributed by atoms with Gasteiger partial charge in [0.05, 0.1) is 27.9 Å². The van der Waals surface area contributed by atoms with Gasteiger partial charge in [-0.25, -0.2) is 4.79 Å². The van der Waals surface area contributed by atoms with Crippen LogP contribution in [-0.2, 0) is 16.0 Å². The van der Waals surface area contributed by atoms with Gasteiger partial charge in [-0.2, -0.15) is 10.5 Å². The lowest BCUT2D eigenvalue weighted by Crippen LogP contribution is -2.05. The van der Waals surface area contributed by atoms with Gasteiger partial charge in [0, 0.05) is 11.3 Å². The van der Waals surface area contributed by atoms with Crippen LogP contribution in [0.5, 0.6) is 11.5 Å². The number of carbonyl (C=O) groups is 2. The van der Waals surface area contributed by atoms with Gasteiger partial charge in [0.25, 0.3) is 0 Å². The van der Waals surface area contributed by atoms with Crippen molar-refractivity contribution in [2.45, 2.75) is 27.2 Å². The van der Waals surface area contributed by atoms with Crippen molar-refractivity contribution < 1.29 is 24.2 Å². The Morgan fingerprint density at radius 2 is 1.97 bits per heavy atom. The molecule has 7 nitrogen and oxygen atoms in total. The molecule has 0 unspecified atom stereocenters. The Labute approximate surface area is 197 Å². The fourth-order valence-electron chi connectivity index (χ4n) is 2.76. The minimum Gasteiger partial charge on any atom is -0.504 e. The number of carbonyl (C=O) groups excluding carboxylic acids is 2. The number of allylic oxidation sites excluding steroid dienone is 1. The Balaban J connectivity index is 2.39. The summed E-state index contributed by atoms with van der Waals surface area (Å²) < 4.78 is 10.9. The van der Waals surface area contributed by atoms with E-state index < -0.39 is 11.8 Å². The Bertz CT molecular complexity index is 1140.